The number of alkyl halides is 3. The number of aromatic nitrogens is 2. The van der Waals surface area contributed by atoms with Gasteiger partial charge in [-0.15, -0.1) is 0 Å². The normalized spacial score (nSPS) is 15.9. The zero-order valence-electron chi connectivity index (χ0n) is 16.8. The van der Waals surface area contributed by atoms with E-state index in [1.54, 1.807) is 21.2 Å². The smallest absolute Gasteiger partial charge is 0.433 e. The van der Waals surface area contributed by atoms with Crippen LogP contribution in [0.4, 0.5) is 24.9 Å². The number of benzene rings is 1. The van der Waals surface area contributed by atoms with E-state index in [1.807, 2.05) is 24.3 Å². The summed E-state index contributed by atoms with van der Waals surface area (Å²) < 4.78 is 45.2. The summed E-state index contributed by atoms with van der Waals surface area (Å²) in [6.07, 6.45) is -2.30. The standard InChI is InChI=1S/C20H26F3N5O/c1-27(2)18-12-17(20(21,22)23)25-19(26-18)24-16(13-28-10-4-5-11-28)14-6-8-15(29-3)9-7-14/h6-9,12,16H,4-5,10-11,13H2,1-3H3,(H,24,25,26). The van der Waals surface area contributed by atoms with Crippen LogP contribution in [0.1, 0.15) is 30.1 Å². The minimum absolute atomic E-state index is 0.0384. The molecule has 1 unspecified atom stereocenters. The van der Waals surface area contributed by atoms with E-state index in [0.29, 0.717) is 6.54 Å². The van der Waals surface area contributed by atoms with Crippen LogP contribution in [0.3, 0.4) is 0 Å². The van der Waals surface area contributed by atoms with Crippen LogP contribution in [0.25, 0.3) is 0 Å². The van der Waals surface area contributed by atoms with E-state index in [-0.39, 0.29) is 17.8 Å². The fourth-order valence-corrected chi connectivity index (χ4v) is 3.32. The molecule has 0 saturated carbocycles. The third-order valence-electron chi connectivity index (χ3n) is 4.92. The van der Waals surface area contributed by atoms with Crippen molar-refractivity contribution in [3.8, 4) is 5.75 Å². The lowest BCUT2D eigenvalue weighted by Crippen LogP contribution is -2.30. The number of hydrogen-bond acceptors (Lipinski definition) is 6. The largest absolute Gasteiger partial charge is 0.497 e. The maximum Gasteiger partial charge on any atom is 0.433 e. The van der Waals surface area contributed by atoms with Crippen LogP contribution in [0, 0.1) is 0 Å². The summed E-state index contributed by atoms with van der Waals surface area (Å²) >= 11 is 0. The highest BCUT2D eigenvalue weighted by molar-refractivity contribution is 5.45. The Kier molecular flexibility index (Phi) is 6.46. The summed E-state index contributed by atoms with van der Waals surface area (Å²) in [6.45, 7) is 2.60. The Morgan fingerprint density at radius 1 is 1.14 bits per heavy atom. The van der Waals surface area contributed by atoms with Crippen LogP contribution in [-0.4, -0.2) is 55.7 Å². The predicted octanol–water partition coefficient (Wildman–Crippen LogP) is 3.82. The number of halogens is 3. The number of hydrogen-bond donors (Lipinski definition) is 1. The molecule has 0 amide bonds. The van der Waals surface area contributed by atoms with Crippen molar-refractivity contribution in [3.63, 3.8) is 0 Å². The molecule has 1 N–H and O–H groups in total. The van der Waals surface area contributed by atoms with Crippen LogP contribution in [0.5, 0.6) is 5.75 Å². The zero-order chi connectivity index (χ0) is 21.0. The molecule has 1 fully saturated rings. The molecule has 0 aliphatic carbocycles. The lowest BCUT2D eigenvalue weighted by atomic mass is 10.1. The third kappa shape index (κ3) is 5.50. The van der Waals surface area contributed by atoms with Crippen molar-refractivity contribution in [2.45, 2.75) is 25.1 Å². The summed E-state index contributed by atoms with van der Waals surface area (Å²) in [4.78, 5) is 11.9. The first-order valence-corrected chi connectivity index (χ1v) is 9.52. The van der Waals surface area contributed by atoms with E-state index in [9.17, 15) is 13.2 Å². The molecule has 1 saturated heterocycles. The quantitative estimate of drug-likeness (QED) is 0.750. The molecule has 3 rings (SSSR count). The second-order valence-electron chi connectivity index (χ2n) is 7.30. The van der Waals surface area contributed by atoms with Crippen molar-refractivity contribution in [2.75, 3.05) is 51.1 Å². The molecule has 29 heavy (non-hydrogen) atoms. The fourth-order valence-electron chi connectivity index (χ4n) is 3.32. The first-order chi connectivity index (χ1) is 13.8. The van der Waals surface area contributed by atoms with Gasteiger partial charge in [-0.25, -0.2) is 4.98 Å². The molecule has 1 aliphatic rings. The maximum absolute atomic E-state index is 13.3. The molecule has 1 atom stereocenters. The molecule has 0 spiro atoms. The number of anilines is 2. The van der Waals surface area contributed by atoms with Crippen LogP contribution in [0.15, 0.2) is 30.3 Å². The Balaban J connectivity index is 1.92. The van der Waals surface area contributed by atoms with Crippen molar-refractivity contribution in [3.05, 3.63) is 41.6 Å². The number of nitrogens with one attached hydrogen (secondary N) is 1. The van der Waals surface area contributed by atoms with Gasteiger partial charge in [0.25, 0.3) is 0 Å². The van der Waals surface area contributed by atoms with Crippen molar-refractivity contribution in [1.82, 2.24) is 14.9 Å². The second-order valence-corrected chi connectivity index (χ2v) is 7.30. The van der Waals surface area contributed by atoms with Gasteiger partial charge >= 0.3 is 6.18 Å². The first-order valence-electron chi connectivity index (χ1n) is 9.52. The molecule has 158 valence electrons. The van der Waals surface area contributed by atoms with Gasteiger partial charge in [-0.1, -0.05) is 12.1 Å². The average molecular weight is 409 g/mol. The van der Waals surface area contributed by atoms with Gasteiger partial charge in [0.15, 0.2) is 5.69 Å². The molecule has 1 aromatic carbocycles. The summed E-state index contributed by atoms with van der Waals surface area (Å²) in [5, 5.41) is 3.14. The van der Waals surface area contributed by atoms with Crippen molar-refractivity contribution in [1.29, 1.82) is 0 Å². The number of ether oxygens (including phenoxy) is 1. The van der Waals surface area contributed by atoms with Gasteiger partial charge in [0, 0.05) is 26.7 Å². The number of nitrogens with zero attached hydrogens (tertiary/aromatic N) is 4. The predicted molar refractivity (Wildman–Crippen MR) is 106 cm³/mol. The molecule has 6 nitrogen and oxygen atoms in total. The van der Waals surface area contributed by atoms with Crippen molar-refractivity contribution in [2.24, 2.45) is 0 Å². The van der Waals surface area contributed by atoms with Gasteiger partial charge in [-0.3, -0.25) is 0 Å². The lowest BCUT2D eigenvalue weighted by Gasteiger charge is -2.26. The van der Waals surface area contributed by atoms with Crippen LogP contribution >= 0.6 is 0 Å². The minimum atomic E-state index is -4.55. The number of rotatable bonds is 7. The van der Waals surface area contributed by atoms with E-state index < -0.39 is 11.9 Å². The molecule has 9 heteroatoms. The van der Waals surface area contributed by atoms with E-state index >= 15 is 0 Å². The summed E-state index contributed by atoms with van der Waals surface area (Å²) in [5.41, 5.74) is -0.0292. The molecule has 1 aliphatic heterocycles. The summed E-state index contributed by atoms with van der Waals surface area (Å²) in [5.74, 6) is 0.881. The Hall–Kier alpha value is -2.55. The highest BCUT2D eigenvalue weighted by atomic mass is 19.4. The molecule has 2 heterocycles. The van der Waals surface area contributed by atoms with Gasteiger partial charge in [0.05, 0.1) is 13.2 Å². The topological polar surface area (TPSA) is 53.5 Å². The zero-order valence-corrected chi connectivity index (χ0v) is 16.8. The average Bonchev–Trinajstić information content (AvgIpc) is 3.20. The number of likely N-dealkylation sites (tertiary alicyclic amines) is 1. The summed E-state index contributed by atoms with van der Waals surface area (Å²) in [7, 11) is 4.89. The van der Waals surface area contributed by atoms with Crippen LogP contribution in [-0.2, 0) is 6.18 Å². The van der Waals surface area contributed by atoms with Crippen LogP contribution in [0.2, 0.25) is 0 Å². The Morgan fingerprint density at radius 3 is 2.34 bits per heavy atom. The van der Waals surface area contributed by atoms with E-state index in [0.717, 1.165) is 43.3 Å². The molecule has 0 radical (unpaired) electrons. The third-order valence-corrected chi connectivity index (χ3v) is 4.92. The molecule has 2 aromatic rings. The second kappa shape index (κ2) is 8.86. The van der Waals surface area contributed by atoms with Crippen molar-refractivity contribution < 1.29 is 17.9 Å². The molecule has 0 bridgehead atoms. The van der Waals surface area contributed by atoms with Crippen LogP contribution < -0.4 is 15.0 Å². The monoisotopic (exact) mass is 409 g/mol. The molecular weight excluding hydrogens is 383 g/mol. The van der Waals surface area contributed by atoms with Gasteiger partial charge in [0.2, 0.25) is 5.95 Å². The van der Waals surface area contributed by atoms with E-state index in [1.165, 1.54) is 4.90 Å². The fraction of sp³-hybridized carbons (Fsp3) is 0.500. The van der Waals surface area contributed by atoms with E-state index in [2.05, 4.69) is 20.2 Å². The summed E-state index contributed by atoms with van der Waals surface area (Å²) in [6, 6.07) is 8.20. The van der Waals surface area contributed by atoms with Gasteiger partial charge < -0.3 is 19.9 Å². The maximum atomic E-state index is 13.3. The number of methoxy groups -OCH3 is 1. The minimum Gasteiger partial charge on any atom is -0.497 e. The van der Waals surface area contributed by atoms with Gasteiger partial charge in [-0.2, -0.15) is 18.2 Å². The highest BCUT2D eigenvalue weighted by Crippen LogP contribution is 2.31. The molecular formula is C20H26F3N5O. The van der Waals surface area contributed by atoms with E-state index in [4.69, 9.17) is 4.74 Å². The Bertz CT molecular complexity index is 805. The lowest BCUT2D eigenvalue weighted by molar-refractivity contribution is -0.141. The molecule has 1 aromatic heterocycles. The van der Waals surface area contributed by atoms with Gasteiger partial charge in [0.1, 0.15) is 11.6 Å². The SMILES string of the molecule is COc1ccc(C(CN2CCCC2)Nc2nc(N(C)C)cc(C(F)(F)F)n2)cc1. The Labute approximate surface area is 168 Å². The Morgan fingerprint density at radius 2 is 1.79 bits per heavy atom. The van der Waals surface area contributed by atoms with Crippen molar-refractivity contribution >= 4 is 11.8 Å². The highest BCUT2D eigenvalue weighted by Gasteiger charge is 2.34. The first kappa shape index (κ1) is 21.2. The van der Waals surface area contributed by atoms with Gasteiger partial charge in [-0.05, 0) is 43.6 Å².